The quantitative estimate of drug-likeness (QED) is 0.855. The molecule has 2 amide bonds. The van der Waals surface area contributed by atoms with Crippen LogP contribution in [0, 0.1) is 5.82 Å². The van der Waals surface area contributed by atoms with Crippen LogP contribution in [0.1, 0.15) is 20.3 Å². The number of hydrogen-bond donors (Lipinski definition) is 1. The average molecular weight is 307 g/mol. The van der Waals surface area contributed by atoms with Crippen LogP contribution < -0.4 is 10.2 Å². The Kier molecular flexibility index (Phi) is 5.35. The molecular weight excluding hydrogens is 285 g/mol. The molecule has 1 aliphatic rings. The van der Waals surface area contributed by atoms with Gasteiger partial charge in [0, 0.05) is 32.2 Å². The van der Waals surface area contributed by atoms with Crippen LogP contribution in [0.25, 0.3) is 0 Å². The molecule has 1 heterocycles. The van der Waals surface area contributed by atoms with Crippen LogP contribution in [0.4, 0.5) is 10.1 Å². The van der Waals surface area contributed by atoms with E-state index in [4.69, 9.17) is 0 Å². The number of nitrogens with one attached hydrogen (secondary N) is 1. The van der Waals surface area contributed by atoms with Crippen LogP contribution in [-0.2, 0) is 9.59 Å². The van der Waals surface area contributed by atoms with Crippen molar-refractivity contribution in [3.63, 3.8) is 0 Å². The van der Waals surface area contributed by atoms with E-state index in [1.807, 2.05) is 18.7 Å². The van der Waals surface area contributed by atoms with E-state index in [9.17, 15) is 14.0 Å². The lowest BCUT2D eigenvalue weighted by molar-refractivity contribution is -0.136. The summed E-state index contributed by atoms with van der Waals surface area (Å²) in [5.41, 5.74) is 0.562. The molecule has 1 N–H and O–H groups in total. The molecule has 1 fully saturated rings. The van der Waals surface area contributed by atoms with Gasteiger partial charge in [-0.2, -0.15) is 0 Å². The topological polar surface area (TPSA) is 52.7 Å². The van der Waals surface area contributed by atoms with Gasteiger partial charge in [-0.05, 0) is 26.0 Å². The highest BCUT2D eigenvalue weighted by Gasteiger charge is 2.24. The highest BCUT2D eigenvalue weighted by molar-refractivity contribution is 5.97. The van der Waals surface area contributed by atoms with Crippen LogP contribution in [0.3, 0.4) is 0 Å². The number of nitrogens with zero attached hydrogens (tertiary/aromatic N) is 2. The molecule has 0 saturated carbocycles. The Labute approximate surface area is 130 Å². The molecule has 0 unspecified atom stereocenters. The number of amides is 2. The van der Waals surface area contributed by atoms with E-state index in [1.54, 1.807) is 23.1 Å². The number of hydrogen-bond acceptors (Lipinski definition) is 3. The van der Waals surface area contributed by atoms with Crippen molar-refractivity contribution in [3.8, 4) is 0 Å². The molecule has 0 atom stereocenters. The normalized spacial score (nSPS) is 15.1. The molecule has 1 aromatic rings. The summed E-state index contributed by atoms with van der Waals surface area (Å²) in [5, 5.41) is 2.71. The minimum atomic E-state index is -0.253. The maximum atomic E-state index is 13.7. The van der Waals surface area contributed by atoms with E-state index < -0.39 is 0 Å². The van der Waals surface area contributed by atoms with E-state index in [0.29, 0.717) is 31.9 Å². The summed E-state index contributed by atoms with van der Waals surface area (Å²) in [5.74, 6) is -0.679. The second-order valence-electron chi connectivity index (χ2n) is 5.72. The van der Waals surface area contributed by atoms with Gasteiger partial charge in [-0.15, -0.1) is 0 Å². The van der Waals surface area contributed by atoms with Crippen molar-refractivity contribution >= 4 is 17.5 Å². The van der Waals surface area contributed by atoms with Crippen LogP contribution in [-0.4, -0.2) is 48.9 Å². The highest BCUT2D eigenvalue weighted by Crippen LogP contribution is 2.20. The van der Waals surface area contributed by atoms with Crippen LogP contribution in [0.15, 0.2) is 24.3 Å². The van der Waals surface area contributed by atoms with Crippen molar-refractivity contribution in [2.45, 2.75) is 26.3 Å². The second kappa shape index (κ2) is 7.24. The standard InChI is InChI=1S/C16H22FN3O2/c1-12(2)18-15(21)11-16(22)20-9-7-19(8-10-20)14-6-4-3-5-13(14)17/h3-6,12H,7-11H2,1-2H3,(H,18,21). The number of carbonyl (C=O) groups is 2. The van der Waals surface area contributed by atoms with E-state index >= 15 is 0 Å². The van der Waals surface area contributed by atoms with E-state index in [1.165, 1.54) is 6.07 Å². The number of benzene rings is 1. The maximum Gasteiger partial charge on any atom is 0.232 e. The summed E-state index contributed by atoms with van der Waals surface area (Å²) >= 11 is 0. The molecule has 0 aromatic heterocycles. The number of rotatable bonds is 4. The summed E-state index contributed by atoms with van der Waals surface area (Å²) in [6, 6.07) is 6.66. The van der Waals surface area contributed by atoms with Crippen LogP contribution in [0.2, 0.25) is 0 Å². The molecule has 22 heavy (non-hydrogen) atoms. The third kappa shape index (κ3) is 4.19. The predicted octanol–water partition coefficient (Wildman–Crippen LogP) is 1.39. The maximum absolute atomic E-state index is 13.7. The Bertz CT molecular complexity index is 540. The summed E-state index contributed by atoms with van der Waals surface area (Å²) < 4.78 is 13.7. The van der Waals surface area contributed by atoms with Gasteiger partial charge in [0.15, 0.2) is 0 Å². The Morgan fingerprint density at radius 3 is 2.41 bits per heavy atom. The fraction of sp³-hybridized carbons (Fsp3) is 0.500. The third-order valence-electron chi connectivity index (χ3n) is 3.59. The van der Waals surface area contributed by atoms with Gasteiger partial charge in [0.25, 0.3) is 0 Å². The van der Waals surface area contributed by atoms with Crippen molar-refractivity contribution in [2.75, 3.05) is 31.1 Å². The largest absolute Gasteiger partial charge is 0.366 e. The molecule has 0 radical (unpaired) electrons. The molecule has 1 saturated heterocycles. The smallest absolute Gasteiger partial charge is 0.232 e. The zero-order valence-electron chi connectivity index (χ0n) is 13.0. The zero-order valence-corrected chi connectivity index (χ0v) is 13.0. The third-order valence-corrected chi connectivity index (χ3v) is 3.59. The van der Waals surface area contributed by atoms with Gasteiger partial charge in [-0.1, -0.05) is 12.1 Å². The Hall–Kier alpha value is -2.11. The minimum Gasteiger partial charge on any atom is -0.366 e. The van der Waals surface area contributed by atoms with Gasteiger partial charge >= 0.3 is 0 Å². The van der Waals surface area contributed by atoms with Gasteiger partial charge in [0.05, 0.1) is 5.69 Å². The highest BCUT2D eigenvalue weighted by atomic mass is 19.1. The fourth-order valence-electron chi connectivity index (χ4n) is 2.53. The first-order valence-corrected chi connectivity index (χ1v) is 7.54. The first-order valence-electron chi connectivity index (χ1n) is 7.54. The first kappa shape index (κ1) is 16.3. The van der Waals surface area contributed by atoms with Crippen molar-refractivity contribution in [2.24, 2.45) is 0 Å². The predicted molar refractivity (Wildman–Crippen MR) is 83.1 cm³/mol. The minimum absolute atomic E-state index is 0.0261. The van der Waals surface area contributed by atoms with Gasteiger partial charge in [-0.3, -0.25) is 9.59 Å². The fourth-order valence-corrected chi connectivity index (χ4v) is 2.53. The molecular formula is C16H22FN3O2. The Balaban J connectivity index is 1.85. The monoisotopic (exact) mass is 307 g/mol. The second-order valence-corrected chi connectivity index (χ2v) is 5.72. The van der Waals surface area contributed by atoms with E-state index in [0.717, 1.165) is 0 Å². The first-order chi connectivity index (χ1) is 10.5. The average Bonchev–Trinajstić information content (AvgIpc) is 2.47. The van der Waals surface area contributed by atoms with E-state index in [-0.39, 0.29) is 30.1 Å². The molecule has 1 aliphatic heterocycles. The number of piperazine rings is 1. The van der Waals surface area contributed by atoms with Gasteiger partial charge in [0.2, 0.25) is 11.8 Å². The lowest BCUT2D eigenvalue weighted by atomic mass is 10.2. The summed E-state index contributed by atoms with van der Waals surface area (Å²) in [6.07, 6.45) is -0.127. The molecule has 120 valence electrons. The SMILES string of the molecule is CC(C)NC(=O)CC(=O)N1CCN(c2ccccc2F)CC1. The molecule has 2 rings (SSSR count). The van der Waals surface area contributed by atoms with Gasteiger partial charge in [-0.25, -0.2) is 4.39 Å². The zero-order chi connectivity index (χ0) is 16.1. The summed E-state index contributed by atoms with van der Waals surface area (Å²) in [7, 11) is 0. The van der Waals surface area contributed by atoms with Gasteiger partial charge < -0.3 is 15.1 Å². The van der Waals surface area contributed by atoms with Crippen molar-refractivity contribution in [1.29, 1.82) is 0 Å². The van der Waals surface area contributed by atoms with Crippen LogP contribution >= 0.6 is 0 Å². The van der Waals surface area contributed by atoms with Crippen LogP contribution in [0.5, 0.6) is 0 Å². The number of para-hydroxylation sites is 1. The molecule has 0 bridgehead atoms. The molecule has 5 nitrogen and oxygen atoms in total. The Morgan fingerprint density at radius 1 is 1.18 bits per heavy atom. The van der Waals surface area contributed by atoms with Crippen molar-refractivity contribution in [1.82, 2.24) is 10.2 Å². The Morgan fingerprint density at radius 2 is 1.82 bits per heavy atom. The molecule has 0 spiro atoms. The summed E-state index contributed by atoms with van der Waals surface area (Å²) in [6.45, 7) is 5.85. The van der Waals surface area contributed by atoms with E-state index in [2.05, 4.69) is 5.32 Å². The van der Waals surface area contributed by atoms with Gasteiger partial charge in [0.1, 0.15) is 12.2 Å². The number of halogens is 1. The summed E-state index contributed by atoms with van der Waals surface area (Å²) in [4.78, 5) is 27.3. The van der Waals surface area contributed by atoms with Crippen molar-refractivity contribution in [3.05, 3.63) is 30.1 Å². The molecule has 0 aliphatic carbocycles. The number of anilines is 1. The number of carbonyl (C=O) groups excluding carboxylic acids is 2. The molecule has 6 heteroatoms. The molecule has 1 aromatic carbocycles. The lowest BCUT2D eigenvalue weighted by Gasteiger charge is -2.36. The van der Waals surface area contributed by atoms with Crippen molar-refractivity contribution < 1.29 is 14.0 Å². The lowest BCUT2D eigenvalue weighted by Crippen LogP contribution is -2.50.